The van der Waals surface area contributed by atoms with Gasteiger partial charge in [-0.3, -0.25) is 0 Å². The zero-order chi connectivity index (χ0) is 15.1. The molecule has 0 fully saturated rings. The van der Waals surface area contributed by atoms with Gasteiger partial charge in [-0.05, 0) is 37.8 Å². The van der Waals surface area contributed by atoms with Crippen molar-refractivity contribution in [3.05, 3.63) is 34.9 Å². The minimum absolute atomic E-state index is 0.0118. The van der Waals surface area contributed by atoms with Crippen LogP contribution < -0.4 is 10.6 Å². The molecule has 1 rings (SSSR count). The molecule has 0 aliphatic rings. The van der Waals surface area contributed by atoms with Crippen molar-refractivity contribution in [2.45, 2.75) is 31.2 Å². The number of hydrogen-bond acceptors (Lipinski definition) is 3. The van der Waals surface area contributed by atoms with E-state index in [0.29, 0.717) is 5.02 Å². The second-order valence-corrected chi connectivity index (χ2v) is 6.15. The minimum Gasteiger partial charge on any atom is -0.395 e. The summed E-state index contributed by atoms with van der Waals surface area (Å²) in [4.78, 5) is 11.9. The van der Waals surface area contributed by atoms with Crippen LogP contribution in [0, 0.1) is 0 Å². The van der Waals surface area contributed by atoms with Crippen LogP contribution in [0.3, 0.4) is 0 Å². The second-order valence-electron chi connectivity index (χ2n) is 4.64. The average Bonchev–Trinajstić information content (AvgIpc) is 2.39. The van der Waals surface area contributed by atoms with Crippen molar-refractivity contribution in [2.75, 3.05) is 12.9 Å². The molecule has 3 N–H and O–H groups in total. The number of carbonyl (C=O) groups is 1. The molecule has 112 valence electrons. The maximum absolute atomic E-state index is 11.9. The van der Waals surface area contributed by atoms with Crippen LogP contribution in [0.4, 0.5) is 4.79 Å². The minimum atomic E-state index is -0.252. The van der Waals surface area contributed by atoms with E-state index in [1.807, 2.05) is 38.3 Å². The number of aliphatic hydroxyl groups is 1. The molecule has 0 spiro atoms. The Morgan fingerprint density at radius 3 is 2.65 bits per heavy atom. The second kappa shape index (κ2) is 8.39. The van der Waals surface area contributed by atoms with Crippen molar-refractivity contribution in [2.24, 2.45) is 0 Å². The summed E-state index contributed by atoms with van der Waals surface area (Å²) >= 11 is 7.46. The highest BCUT2D eigenvalue weighted by Gasteiger charge is 2.18. The standard InChI is InChI=1S/C14H21ClN2O2S/c1-9(11-5-4-6-12(15)7-11)16-14(19)17-10(2)13(8-18)20-3/h4-7,9-10,13,18H,8H2,1-3H3,(H2,16,17,19). The molecule has 0 aliphatic heterocycles. The lowest BCUT2D eigenvalue weighted by Gasteiger charge is -2.23. The summed E-state index contributed by atoms with van der Waals surface area (Å²) in [5.41, 5.74) is 0.948. The number of nitrogens with one attached hydrogen (secondary N) is 2. The molecule has 3 atom stereocenters. The van der Waals surface area contributed by atoms with Gasteiger partial charge >= 0.3 is 6.03 Å². The van der Waals surface area contributed by atoms with Crippen LogP contribution in [0.2, 0.25) is 5.02 Å². The van der Waals surface area contributed by atoms with Crippen LogP contribution in [-0.4, -0.2) is 35.3 Å². The monoisotopic (exact) mass is 316 g/mol. The number of rotatable bonds is 6. The largest absolute Gasteiger partial charge is 0.395 e. The summed E-state index contributed by atoms with van der Waals surface area (Å²) in [6, 6.07) is 6.89. The van der Waals surface area contributed by atoms with Gasteiger partial charge in [0.05, 0.1) is 12.6 Å². The van der Waals surface area contributed by atoms with E-state index in [2.05, 4.69) is 10.6 Å². The maximum Gasteiger partial charge on any atom is 0.315 e. The summed E-state index contributed by atoms with van der Waals surface area (Å²) in [5.74, 6) is 0. The van der Waals surface area contributed by atoms with Gasteiger partial charge in [-0.1, -0.05) is 23.7 Å². The molecule has 1 aromatic rings. The molecule has 1 aromatic carbocycles. The molecule has 0 aromatic heterocycles. The third-order valence-electron chi connectivity index (χ3n) is 3.10. The summed E-state index contributed by atoms with van der Waals surface area (Å²) in [5, 5.41) is 15.5. The third-order valence-corrected chi connectivity index (χ3v) is 4.49. The first kappa shape index (κ1) is 17.1. The number of halogens is 1. The Morgan fingerprint density at radius 1 is 1.40 bits per heavy atom. The van der Waals surface area contributed by atoms with Crippen molar-refractivity contribution in [1.82, 2.24) is 10.6 Å². The highest BCUT2D eigenvalue weighted by Crippen LogP contribution is 2.17. The molecule has 0 heterocycles. The van der Waals surface area contributed by atoms with E-state index in [9.17, 15) is 9.90 Å². The SMILES string of the molecule is CSC(CO)C(C)NC(=O)NC(C)c1cccc(Cl)c1. The van der Waals surface area contributed by atoms with E-state index in [4.69, 9.17) is 11.6 Å². The van der Waals surface area contributed by atoms with Crippen LogP contribution in [0.1, 0.15) is 25.5 Å². The molecule has 6 heteroatoms. The predicted molar refractivity (Wildman–Crippen MR) is 85.4 cm³/mol. The molecule has 4 nitrogen and oxygen atoms in total. The zero-order valence-electron chi connectivity index (χ0n) is 11.9. The van der Waals surface area contributed by atoms with Gasteiger partial charge in [0, 0.05) is 16.3 Å². The number of urea groups is 1. The average molecular weight is 317 g/mol. The Bertz CT molecular complexity index is 441. The number of hydrogen-bond donors (Lipinski definition) is 3. The highest BCUT2D eigenvalue weighted by atomic mass is 35.5. The molecule has 2 amide bonds. The first-order valence-electron chi connectivity index (χ1n) is 6.44. The lowest BCUT2D eigenvalue weighted by Crippen LogP contribution is -2.46. The van der Waals surface area contributed by atoms with Crippen LogP contribution in [0.25, 0.3) is 0 Å². The molecule has 0 radical (unpaired) electrons. The third kappa shape index (κ3) is 5.23. The van der Waals surface area contributed by atoms with Gasteiger partial charge in [0.25, 0.3) is 0 Å². The number of benzene rings is 1. The summed E-state index contributed by atoms with van der Waals surface area (Å²) in [6.45, 7) is 3.81. The Labute approximate surface area is 129 Å². The summed E-state index contributed by atoms with van der Waals surface area (Å²) in [6.07, 6.45) is 1.91. The van der Waals surface area contributed by atoms with E-state index >= 15 is 0 Å². The smallest absolute Gasteiger partial charge is 0.315 e. The molecular formula is C14H21ClN2O2S. The highest BCUT2D eigenvalue weighted by molar-refractivity contribution is 7.99. The number of thioether (sulfide) groups is 1. The van der Waals surface area contributed by atoms with E-state index in [0.717, 1.165) is 5.56 Å². The Balaban J connectivity index is 2.53. The fourth-order valence-electron chi connectivity index (χ4n) is 1.83. The van der Waals surface area contributed by atoms with Gasteiger partial charge < -0.3 is 15.7 Å². The van der Waals surface area contributed by atoms with Crippen molar-refractivity contribution in [1.29, 1.82) is 0 Å². The van der Waals surface area contributed by atoms with E-state index in [1.165, 1.54) is 11.8 Å². The molecule has 0 bridgehead atoms. The number of carbonyl (C=O) groups excluding carboxylic acids is 1. The van der Waals surface area contributed by atoms with Crippen LogP contribution in [0.5, 0.6) is 0 Å². The van der Waals surface area contributed by atoms with Crippen molar-refractivity contribution >= 4 is 29.4 Å². The Kier molecular flexibility index (Phi) is 7.19. The summed E-state index contributed by atoms with van der Waals surface area (Å²) < 4.78 is 0. The van der Waals surface area contributed by atoms with Gasteiger partial charge in [0.2, 0.25) is 0 Å². The van der Waals surface area contributed by atoms with Gasteiger partial charge in [-0.25, -0.2) is 4.79 Å². The lowest BCUT2D eigenvalue weighted by atomic mass is 10.1. The van der Waals surface area contributed by atoms with Crippen molar-refractivity contribution < 1.29 is 9.90 Å². The van der Waals surface area contributed by atoms with Crippen molar-refractivity contribution in [3.8, 4) is 0 Å². The molecule has 20 heavy (non-hydrogen) atoms. The molecule has 3 unspecified atom stereocenters. The summed E-state index contributed by atoms with van der Waals surface area (Å²) in [7, 11) is 0. The van der Waals surface area contributed by atoms with Crippen LogP contribution in [-0.2, 0) is 0 Å². The molecule has 0 aliphatic carbocycles. The van der Waals surface area contributed by atoms with Crippen LogP contribution >= 0.6 is 23.4 Å². The van der Waals surface area contributed by atoms with Crippen LogP contribution in [0.15, 0.2) is 24.3 Å². The van der Waals surface area contributed by atoms with Crippen molar-refractivity contribution in [3.63, 3.8) is 0 Å². The van der Waals surface area contributed by atoms with Gasteiger partial charge in [-0.2, -0.15) is 11.8 Å². The fraction of sp³-hybridized carbons (Fsp3) is 0.500. The van der Waals surface area contributed by atoms with Gasteiger partial charge in [0.15, 0.2) is 0 Å². The molecule has 0 saturated heterocycles. The van der Waals surface area contributed by atoms with E-state index < -0.39 is 0 Å². The Hall–Kier alpha value is -0.910. The maximum atomic E-state index is 11.9. The van der Waals surface area contributed by atoms with E-state index in [-0.39, 0.29) is 30.0 Å². The first-order valence-corrected chi connectivity index (χ1v) is 8.10. The quantitative estimate of drug-likeness (QED) is 0.756. The lowest BCUT2D eigenvalue weighted by molar-refractivity contribution is 0.230. The Morgan fingerprint density at radius 2 is 2.10 bits per heavy atom. The van der Waals surface area contributed by atoms with E-state index in [1.54, 1.807) is 6.07 Å². The normalized spacial score (nSPS) is 15.2. The van der Waals surface area contributed by atoms with Gasteiger partial charge in [0.1, 0.15) is 0 Å². The number of aliphatic hydroxyl groups excluding tert-OH is 1. The predicted octanol–water partition coefficient (Wildman–Crippen LogP) is 2.81. The topological polar surface area (TPSA) is 61.4 Å². The fourth-order valence-corrected chi connectivity index (χ4v) is 2.66. The van der Waals surface area contributed by atoms with Gasteiger partial charge in [-0.15, -0.1) is 0 Å². The first-order chi connectivity index (χ1) is 9.47. The molecular weight excluding hydrogens is 296 g/mol. The molecule has 0 saturated carbocycles. The zero-order valence-corrected chi connectivity index (χ0v) is 13.5. The number of amides is 2.